The highest BCUT2D eigenvalue weighted by Crippen LogP contribution is 2.32. The van der Waals surface area contributed by atoms with Gasteiger partial charge in [0, 0.05) is 28.0 Å². The summed E-state index contributed by atoms with van der Waals surface area (Å²) >= 11 is 1.52. The number of aryl methyl sites for hydroxylation is 1. The Morgan fingerprint density at radius 1 is 1.10 bits per heavy atom. The molecule has 2 nitrogen and oxygen atoms in total. The summed E-state index contributed by atoms with van der Waals surface area (Å²) in [4.78, 5) is 3.13. The van der Waals surface area contributed by atoms with E-state index in [1.165, 1.54) is 33.8 Å². The molecule has 98 valence electrons. The van der Waals surface area contributed by atoms with Crippen LogP contribution in [-0.4, -0.2) is 9.36 Å². The maximum absolute atomic E-state index is 13.2. The van der Waals surface area contributed by atoms with Gasteiger partial charge in [0.05, 0.1) is 10.4 Å². The van der Waals surface area contributed by atoms with Crippen LogP contribution in [0.5, 0.6) is 0 Å². The predicted octanol–water partition coefficient (Wildman–Crippen LogP) is 4.89. The molecule has 0 atom stereocenters. The Kier molecular flexibility index (Phi) is 2.41. The number of nitrogens with zero attached hydrogens (tertiary/aromatic N) is 1. The maximum atomic E-state index is 13.2. The van der Waals surface area contributed by atoms with Gasteiger partial charge in [0.2, 0.25) is 0 Å². The third-order valence-corrected chi connectivity index (χ3v) is 4.52. The Balaban J connectivity index is 1.98. The quantitative estimate of drug-likeness (QED) is 0.529. The van der Waals surface area contributed by atoms with Crippen molar-refractivity contribution >= 4 is 32.5 Å². The fourth-order valence-corrected chi connectivity index (χ4v) is 3.33. The largest absolute Gasteiger partial charge is 0.360 e. The fourth-order valence-electron chi connectivity index (χ4n) is 2.56. The van der Waals surface area contributed by atoms with Crippen LogP contribution in [0.3, 0.4) is 0 Å². The molecule has 0 aliphatic heterocycles. The minimum atomic E-state index is -0.223. The zero-order chi connectivity index (χ0) is 13.7. The Labute approximate surface area is 119 Å². The normalized spacial score (nSPS) is 11.5. The van der Waals surface area contributed by atoms with Crippen LogP contribution in [0.25, 0.3) is 32.1 Å². The van der Waals surface area contributed by atoms with Crippen molar-refractivity contribution < 1.29 is 4.39 Å². The first-order chi connectivity index (χ1) is 9.72. The van der Waals surface area contributed by atoms with Crippen LogP contribution in [0.2, 0.25) is 0 Å². The number of hydrogen-bond acceptors (Lipinski definition) is 2. The predicted molar refractivity (Wildman–Crippen MR) is 81.6 cm³/mol. The van der Waals surface area contributed by atoms with Crippen LogP contribution in [0, 0.1) is 12.7 Å². The number of rotatable bonds is 1. The first-order valence-corrected chi connectivity index (χ1v) is 7.13. The second-order valence-electron chi connectivity index (χ2n) is 4.87. The summed E-state index contributed by atoms with van der Waals surface area (Å²) in [5, 5.41) is 2.22. The maximum Gasteiger partial charge on any atom is 0.125 e. The highest BCUT2D eigenvalue weighted by Gasteiger charge is 2.09. The Morgan fingerprint density at radius 2 is 2.00 bits per heavy atom. The van der Waals surface area contributed by atoms with Gasteiger partial charge in [-0.1, -0.05) is 6.07 Å². The summed E-state index contributed by atoms with van der Waals surface area (Å²) in [7, 11) is 0. The van der Waals surface area contributed by atoms with Crippen LogP contribution < -0.4 is 0 Å². The van der Waals surface area contributed by atoms with Gasteiger partial charge in [0.1, 0.15) is 5.82 Å². The van der Waals surface area contributed by atoms with E-state index in [9.17, 15) is 4.39 Å². The average molecular weight is 282 g/mol. The van der Waals surface area contributed by atoms with E-state index in [4.69, 9.17) is 0 Å². The minimum Gasteiger partial charge on any atom is -0.360 e. The van der Waals surface area contributed by atoms with Gasteiger partial charge in [0.15, 0.2) is 0 Å². The van der Waals surface area contributed by atoms with Gasteiger partial charge in [-0.3, -0.25) is 0 Å². The van der Waals surface area contributed by atoms with E-state index >= 15 is 0 Å². The van der Waals surface area contributed by atoms with E-state index in [1.54, 1.807) is 0 Å². The molecule has 0 aliphatic rings. The van der Waals surface area contributed by atoms with Gasteiger partial charge in [-0.05, 0) is 54.4 Å². The van der Waals surface area contributed by atoms with Gasteiger partial charge in [-0.15, -0.1) is 0 Å². The third-order valence-electron chi connectivity index (χ3n) is 3.61. The fraction of sp³-hybridized carbons (Fsp3) is 0.0625. The first kappa shape index (κ1) is 11.6. The van der Waals surface area contributed by atoms with E-state index in [-0.39, 0.29) is 5.82 Å². The molecule has 0 aliphatic carbocycles. The molecule has 2 heterocycles. The average Bonchev–Trinajstić information content (AvgIpc) is 3.02. The Morgan fingerprint density at radius 3 is 2.90 bits per heavy atom. The van der Waals surface area contributed by atoms with E-state index in [0.29, 0.717) is 0 Å². The molecule has 1 N–H and O–H groups in total. The molecule has 2 aromatic heterocycles. The van der Waals surface area contributed by atoms with Crippen molar-refractivity contribution in [3.8, 4) is 11.1 Å². The standard InChI is InChI=1S/C16H11FN2S/c1-9-13-6-10(2-5-16(13)20-19-9)14-8-18-15-7-11(17)3-4-12(14)15/h2-8,18H,1H3. The number of nitrogens with one attached hydrogen (secondary N) is 1. The highest BCUT2D eigenvalue weighted by molar-refractivity contribution is 7.13. The molecular formula is C16H11FN2S. The van der Waals surface area contributed by atoms with Gasteiger partial charge in [-0.2, -0.15) is 4.37 Å². The summed E-state index contributed by atoms with van der Waals surface area (Å²) in [6, 6.07) is 11.2. The molecule has 0 unspecified atom stereocenters. The highest BCUT2D eigenvalue weighted by atomic mass is 32.1. The number of H-pyrrole nitrogens is 1. The van der Waals surface area contributed by atoms with Gasteiger partial charge < -0.3 is 4.98 Å². The molecule has 0 spiro atoms. The summed E-state index contributed by atoms with van der Waals surface area (Å²) in [5.74, 6) is -0.223. The van der Waals surface area contributed by atoms with Crippen molar-refractivity contribution in [1.82, 2.24) is 9.36 Å². The Bertz CT molecular complexity index is 936. The van der Waals surface area contributed by atoms with Crippen LogP contribution in [-0.2, 0) is 0 Å². The van der Waals surface area contributed by atoms with Crippen molar-refractivity contribution in [2.75, 3.05) is 0 Å². The van der Waals surface area contributed by atoms with Gasteiger partial charge in [0.25, 0.3) is 0 Å². The molecule has 0 radical (unpaired) electrons. The van der Waals surface area contributed by atoms with E-state index in [0.717, 1.165) is 27.7 Å². The van der Waals surface area contributed by atoms with Crippen molar-refractivity contribution in [2.24, 2.45) is 0 Å². The van der Waals surface area contributed by atoms with E-state index in [2.05, 4.69) is 27.6 Å². The SMILES string of the molecule is Cc1nsc2ccc(-c3c[nH]c4cc(F)ccc34)cc12. The van der Waals surface area contributed by atoms with Crippen molar-refractivity contribution in [2.45, 2.75) is 6.92 Å². The zero-order valence-corrected chi connectivity index (χ0v) is 11.6. The number of aromatic amines is 1. The van der Waals surface area contributed by atoms with Crippen molar-refractivity contribution in [1.29, 1.82) is 0 Å². The van der Waals surface area contributed by atoms with E-state index < -0.39 is 0 Å². The molecule has 4 rings (SSSR count). The molecule has 2 aromatic carbocycles. The first-order valence-electron chi connectivity index (χ1n) is 6.35. The molecule has 0 saturated carbocycles. The lowest BCUT2D eigenvalue weighted by Crippen LogP contribution is -1.78. The van der Waals surface area contributed by atoms with Crippen molar-refractivity contribution in [3.63, 3.8) is 0 Å². The number of halogens is 1. The molecule has 4 aromatic rings. The lowest BCUT2D eigenvalue weighted by atomic mass is 10.0. The van der Waals surface area contributed by atoms with Crippen molar-refractivity contribution in [3.05, 3.63) is 54.1 Å². The smallest absolute Gasteiger partial charge is 0.125 e. The lowest BCUT2D eigenvalue weighted by Gasteiger charge is -2.00. The molecule has 4 heteroatoms. The summed E-state index contributed by atoms with van der Waals surface area (Å²) in [6.45, 7) is 2.02. The lowest BCUT2D eigenvalue weighted by molar-refractivity contribution is 0.629. The van der Waals surface area contributed by atoms with Crippen LogP contribution in [0.1, 0.15) is 5.69 Å². The monoisotopic (exact) mass is 282 g/mol. The molecule has 20 heavy (non-hydrogen) atoms. The third kappa shape index (κ3) is 1.65. The number of benzene rings is 2. The summed E-state index contributed by atoms with van der Waals surface area (Å²) in [6.07, 6.45) is 1.93. The van der Waals surface area contributed by atoms with Gasteiger partial charge >= 0.3 is 0 Å². The summed E-state index contributed by atoms with van der Waals surface area (Å²) in [5.41, 5.74) is 4.09. The van der Waals surface area contributed by atoms with E-state index in [1.807, 2.05) is 19.2 Å². The number of aromatic nitrogens is 2. The molecule has 0 saturated heterocycles. The second kappa shape index (κ2) is 4.15. The number of hydrogen-bond donors (Lipinski definition) is 1. The molecule has 0 fully saturated rings. The Hall–Kier alpha value is -2.20. The molecular weight excluding hydrogens is 271 g/mol. The number of fused-ring (bicyclic) bond motifs is 2. The van der Waals surface area contributed by atoms with Crippen LogP contribution in [0.4, 0.5) is 4.39 Å². The second-order valence-corrected chi connectivity index (χ2v) is 5.68. The summed E-state index contributed by atoms with van der Waals surface area (Å²) < 4.78 is 18.8. The molecule has 0 bridgehead atoms. The van der Waals surface area contributed by atoms with Gasteiger partial charge in [-0.25, -0.2) is 4.39 Å². The van der Waals surface area contributed by atoms with Crippen LogP contribution in [0.15, 0.2) is 42.6 Å². The topological polar surface area (TPSA) is 28.7 Å². The minimum absolute atomic E-state index is 0.223. The molecule has 0 amide bonds. The van der Waals surface area contributed by atoms with Crippen LogP contribution >= 0.6 is 11.5 Å². The zero-order valence-electron chi connectivity index (χ0n) is 10.8.